The molecule has 1 rings (SSSR count). The van der Waals surface area contributed by atoms with Crippen molar-refractivity contribution in [1.29, 1.82) is 0 Å². The van der Waals surface area contributed by atoms with Gasteiger partial charge in [0.1, 0.15) is 15.4 Å². The number of carboxylic acid groups (broad SMARTS) is 1. The Kier molecular flexibility index (Phi) is 4.58. The first-order valence-corrected chi connectivity index (χ1v) is 8.02. The van der Waals surface area contributed by atoms with Crippen molar-refractivity contribution in [3.05, 3.63) is 17.5 Å². The van der Waals surface area contributed by atoms with Gasteiger partial charge in [-0.05, 0) is 0 Å². The molecule has 0 aromatic carbocycles. The smallest absolute Gasteiger partial charge is 0.339 e. The summed E-state index contributed by atoms with van der Waals surface area (Å²) in [4.78, 5) is 10.9. The molecule has 0 amide bonds. The van der Waals surface area contributed by atoms with Crippen LogP contribution in [0, 0.1) is 0 Å². The molecule has 0 bridgehead atoms. The molecule has 0 radical (unpaired) electrons. The van der Waals surface area contributed by atoms with Crippen LogP contribution in [0.5, 0.6) is 0 Å². The minimum Gasteiger partial charge on any atom is -0.478 e. The van der Waals surface area contributed by atoms with Gasteiger partial charge in [0.05, 0.1) is 17.6 Å². The maximum Gasteiger partial charge on any atom is 0.339 e. The van der Waals surface area contributed by atoms with Crippen molar-refractivity contribution >= 4 is 27.6 Å². The third-order valence-electron chi connectivity index (χ3n) is 2.13. The van der Waals surface area contributed by atoms with Crippen LogP contribution in [0.25, 0.3) is 0 Å². The fourth-order valence-electron chi connectivity index (χ4n) is 1.19. The summed E-state index contributed by atoms with van der Waals surface area (Å²) in [7, 11) is -1.30. The lowest BCUT2D eigenvalue weighted by atomic mass is 10.3. The van der Waals surface area contributed by atoms with Gasteiger partial charge in [-0.15, -0.1) is 0 Å². The normalized spacial score (nSPS) is 11.6. The predicted molar refractivity (Wildman–Crippen MR) is 66.0 cm³/mol. The van der Waals surface area contributed by atoms with E-state index in [4.69, 9.17) is 5.11 Å². The predicted octanol–water partition coefficient (Wildman–Crippen LogP) is 0.396. The van der Waals surface area contributed by atoms with Gasteiger partial charge in [-0.1, -0.05) is 0 Å². The van der Waals surface area contributed by atoms with Crippen LogP contribution in [0.2, 0.25) is 0 Å². The summed E-state index contributed by atoms with van der Waals surface area (Å²) >= 11 is 1.38. The molecular formula is C9H14N2O4S2. The first-order chi connectivity index (χ1) is 7.81. The average molecular weight is 278 g/mol. The van der Waals surface area contributed by atoms with E-state index in [0.29, 0.717) is 17.2 Å². The van der Waals surface area contributed by atoms with Gasteiger partial charge in [0.25, 0.3) is 0 Å². The highest BCUT2D eigenvalue weighted by atomic mass is 32.2. The van der Waals surface area contributed by atoms with Crippen LogP contribution in [0.4, 0.5) is 0 Å². The van der Waals surface area contributed by atoms with Crippen LogP contribution < -0.4 is 0 Å². The zero-order valence-electron chi connectivity index (χ0n) is 9.58. The second-order valence-electron chi connectivity index (χ2n) is 3.62. The lowest BCUT2D eigenvalue weighted by Gasteiger charge is -2.03. The Morgan fingerprint density at radius 2 is 2.24 bits per heavy atom. The number of carbonyl (C=O) groups is 1. The number of carboxylic acids is 1. The van der Waals surface area contributed by atoms with Gasteiger partial charge < -0.3 is 5.11 Å². The number of rotatable bonds is 6. The highest BCUT2D eigenvalue weighted by Gasteiger charge is 2.14. The maximum atomic E-state index is 10.9. The third-order valence-corrected chi connectivity index (χ3v) is 4.30. The van der Waals surface area contributed by atoms with Crippen LogP contribution in [0.3, 0.4) is 0 Å². The first-order valence-electron chi connectivity index (χ1n) is 4.81. The fraction of sp³-hybridized carbons (Fsp3) is 0.556. The highest BCUT2D eigenvalue weighted by Crippen LogP contribution is 2.16. The fourth-order valence-corrected chi connectivity index (χ4v) is 3.55. The van der Waals surface area contributed by atoms with Gasteiger partial charge in [-0.2, -0.15) is 16.9 Å². The number of aryl methyl sites for hydroxylation is 1. The molecule has 0 unspecified atom stereocenters. The van der Waals surface area contributed by atoms with Crippen molar-refractivity contribution in [3.8, 4) is 0 Å². The second kappa shape index (κ2) is 5.54. The molecule has 0 aliphatic carbocycles. The van der Waals surface area contributed by atoms with Crippen molar-refractivity contribution in [3.63, 3.8) is 0 Å². The molecule has 17 heavy (non-hydrogen) atoms. The number of aromatic nitrogens is 2. The summed E-state index contributed by atoms with van der Waals surface area (Å²) in [6.07, 6.45) is 2.48. The first kappa shape index (κ1) is 14.0. The zero-order chi connectivity index (χ0) is 13.1. The van der Waals surface area contributed by atoms with Crippen molar-refractivity contribution < 1.29 is 18.3 Å². The summed E-state index contributed by atoms with van der Waals surface area (Å²) < 4.78 is 23.3. The van der Waals surface area contributed by atoms with Crippen LogP contribution in [0.15, 0.2) is 6.20 Å². The lowest BCUT2D eigenvalue weighted by Crippen LogP contribution is -2.07. The van der Waals surface area contributed by atoms with Gasteiger partial charge in [-0.3, -0.25) is 4.68 Å². The van der Waals surface area contributed by atoms with Crippen LogP contribution in [0.1, 0.15) is 16.1 Å². The molecule has 8 heteroatoms. The van der Waals surface area contributed by atoms with Crippen LogP contribution in [-0.2, 0) is 22.6 Å². The van der Waals surface area contributed by atoms with Crippen molar-refractivity contribution in [1.82, 2.24) is 9.78 Å². The molecule has 0 aliphatic heterocycles. The number of hydrogen-bond donors (Lipinski definition) is 1. The molecule has 6 nitrogen and oxygen atoms in total. The number of nitrogens with zero attached hydrogens (tertiary/aromatic N) is 2. The standard InChI is InChI=1S/C9H14N2O4S2/c1-11-8(7(5-10-11)9(12)13)6-16-3-4-17(2,14)15/h5H,3-4,6H2,1-2H3,(H,12,13). The van der Waals surface area contributed by atoms with Gasteiger partial charge in [0.15, 0.2) is 0 Å². The van der Waals surface area contributed by atoms with E-state index in [9.17, 15) is 13.2 Å². The quantitative estimate of drug-likeness (QED) is 0.757. The van der Waals surface area contributed by atoms with Crippen molar-refractivity contribution in [2.75, 3.05) is 17.8 Å². The molecule has 1 N–H and O–H groups in total. The maximum absolute atomic E-state index is 10.9. The van der Waals surface area contributed by atoms with E-state index in [1.807, 2.05) is 0 Å². The topological polar surface area (TPSA) is 89.3 Å². The Morgan fingerprint density at radius 1 is 1.59 bits per heavy atom. The van der Waals surface area contributed by atoms with Crippen LogP contribution >= 0.6 is 11.8 Å². The Hall–Kier alpha value is -1.02. The van der Waals surface area contributed by atoms with Crippen molar-refractivity contribution in [2.45, 2.75) is 5.75 Å². The number of sulfone groups is 1. The Bertz CT molecular complexity index is 507. The molecular weight excluding hydrogens is 264 g/mol. The summed E-state index contributed by atoms with van der Waals surface area (Å²) in [5.74, 6) is -0.0360. The molecule has 0 aliphatic rings. The molecule has 0 saturated carbocycles. The molecule has 1 aromatic heterocycles. The SMILES string of the molecule is Cn1ncc(C(=O)O)c1CSCCS(C)(=O)=O. The van der Waals surface area contributed by atoms with Gasteiger partial charge in [0, 0.05) is 24.8 Å². The Morgan fingerprint density at radius 3 is 2.76 bits per heavy atom. The minimum atomic E-state index is -2.96. The van der Waals surface area contributed by atoms with Crippen LogP contribution in [-0.4, -0.2) is 47.0 Å². The number of hydrogen-bond acceptors (Lipinski definition) is 5. The lowest BCUT2D eigenvalue weighted by molar-refractivity contribution is 0.0696. The van der Waals surface area contributed by atoms with Crippen molar-refractivity contribution in [2.24, 2.45) is 7.05 Å². The number of thioether (sulfide) groups is 1. The van der Waals surface area contributed by atoms with E-state index < -0.39 is 15.8 Å². The van der Waals surface area contributed by atoms with E-state index in [1.54, 1.807) is 7.05 Å². The second-order valence-corrected chi connectivity index (χ2v) is 6.98. The molecule has 1 aromatic rings. The molecule has 0 atom stereocenters. The van der Waals surface area contributed by atoms with Gasteiger partial charge in [0.2, 0.25) is 0 Å². The Balaban J connectivity index is 2.57. The largest absolute Gasteiger partial charge is 0.478 e. The summed E-state index contributed by atoms with van der Waals surface area (Å²) in [6, 6.07) is 0. The van der Waals surface area contributed by atoms with E-state index >= 15 is 0 Å². The molecule has 1 heterocycles. The summed E-state index contributed by atoms with van der Waals surface area (Å²) in [5.41, 5.74) is 0.760. The molecule has 96 valence electrons. The minimum absolute atomic E-state index is 0.0952. The van der Waals surface area contributed by atoms with E-state index in [1.165, 1.54) is 28.9 Å². The highest BCUT2D eigenvalue weighted by molar-refractivity contribution is 7.99. The summed E-state index contributed by atoms with van der Waals surface area (Å²) in [5, 5.41) is 12.8. The molecule has 0 spiro atoms. The zero-order valence-corrected chi connectivity index (χ0v) is 11.2. The van der Waals surface area contributed by atoms with Gasteiger partial charge in [-0.25, -0.2) is 13.2 Å². The monoisotopic (exact) mass is 278 g/mol. The molecule has 0 saturated heterocycles. The Labute approximate surface area is 104 Å². The van der Waals surface area contributed by atoms with E-state index in [0.717, 1.165) is 0 Å². The third kappa shape index (κ3) is 4.39. The summed E-state index contributed by atoms with van der Waals surface area (Å²) in [6.45, 7) is 0. The van der Waals surface area contributed by atoms with Gasteiger partial charge >= 0.3 is 5.97 Å². The average Bonchev–Trinajstić information content (AvgIpc) is 2.53. The number of aromatic carboxylic acids is 1. The van der Waals surface area contributed by atoms with E-state index in [-0.39, 0.29) is 11.3 Å². The molecule has 0 fully saturated rings. The van der Waals surface area contributed by atoms with E-state index in [2.05, 4.69) is 5.10 Å².